The van der Waals surface area contributed by atoms with Crippen molar-refractivity contribution >= 4 is 23.1 Å². The van der Waals surface area contributed by atoms with E-state index in [2.05, 4.69) is 33.8 Å². The second-order valence-electron chi connectivity index (χ2n) is 17.3. The Morgan fingerprint density at radius 1 is 0.605 bits per heavy atom. The van der Waals surface area contributed by atoms with Gasteiger partial charge in [0.1, 0.15) is 23.1 Å². The zero-order valence-electron chi connectivity index (χ0n) is 27.1. The van der Waals surface area contributed by atoms with E-state index in [1.165, 1.54) is 12.8 Å². The van der Waals surface area contributed by atoms with Gasteiger partial charge in [-0.05, 0) is 112 Å². The van der Waals surface area contributed by atoms with Crippen molar-refractivity contribution in [2.75, 3.05) is 0 Å². The smallest absolute Gasteiger partial charge is 0.139 e. The normalized spacial score (nSPS) is 52.0. The van der Waals surface area contributed by atoms with Gasteiger partial charge >= 0.3 is 0 Å². The van der Waals surface area contributed by atoms with Crippen LogP contribution >= 0.6 is 0 Å². The molecule has 236 valence electrons. The third-order valence-corrected chi connectivity index (χ3v) is 15.9. The molecule has 5 heteroatoms. The fourth-order valence-corrected chi connectivity index (χ4v) is 12.9. The summed E-state index contributed by atoms with van der Waals surface area (Å²) in [5.74, 6) is 4.46. The minimum Gasteiger partial charge on any atom is -0.389 e. The standard InChI is InChI=1S/C19H28O3.C19H26O2/c1-17-9-10-19(22)15(14(17)5-6-16(17)21)4-3-12-11-13(20)7-8-18(12,19)2;1-18-9-7-13(20)11-12(18)3-4-14-15-5-6-17(21)19(15,2)10-8-16(14)18/h12,14-15,22H,3-11H2,1-2H3;8,12,14-15H,3-7,9-11H2,1-2H3/t12-,14?,15?,17+,18+,19-;12-,14?,15?,18+,19+/m11/s1. The number of ketones is 4. The van der Waals surface area contributed by atoms with Crippen LogP contribution in [0.15, 0.2) is 11.6 Å². The summed E-state index contributed by atoms with van der Waals surface area (Å²) in [7, 11) is 0. The Bertz CT molecular complexity index is 1280. The van der Waals surface area contributed by atoms with Crippen molar-refractivity contribution in [3.63, 3.8) is 0 Å². The third kappa shape index (κ3) is 4.10. The lowest BCUT2D eigenvalue weighted by Gasteiger charge is -2.64. The predicted molar refractivity (Wildman–Crippen MR) is 165 cm³/mol. The van der Waals surface area contributed by atoms with E-state index in [4.69, 9.17) is 0 Å². The molecule has 0 bridgehead atoms. The summed E-state index contributed by atoms with van der Waals surface area (Å²) >= 11 is 0. The molecule has 0 heterocycles. The molecule has 8 rings (SSSR count). The quantitative estimate of drug-likeness (QED) is 0.298. The molecule has 0 aliphatic heterocycles. The predicted octanol–water partition coefficient (Wildman–Crippen LogP) is 7.37. The average molecular weight is 591 g/mol. The van der Waals surface area contributed by atoms with E-state index in [0.717, 1.165) is 77.0 Å². The van der Waals surface area contributed by atoms with Crippen LogP contribution in [0, 0.1) is 57.2 Å². The summed E-state index contributed by atoms with van der Waals surface area (Å²) in [6.07, 6.45) is 17.6. The van der Waals surface area contributed by atoms with E-state index in [-0.39, 0.29) is 27.6 Å². The van der Waals surface area contributed by atoms with Gasteiger partial charge in [0.25, 0.3) is 0 Å². The zero-order valence-corrected chi connectivity index (χ0v) is 27.1. The van der Waals surface area contributed by atoms with Crippen LogP contribution < -0.4 is 0 Å². The summed E-state index contributed by atoms with van der Waals surface area (Å²) in [6.45, 7) is 8.99. The fourth-order valence-electron chi connectivity index (χ4n) is 12.9. The third-order valence-electron chi connectivity index (χ3n) is 15.9. The first-order valence-corrected chi connectivity index (χ1v) is 17.8. The Hall–Kier alpha value is -1.62. The summed E-state index contributed by atoms with van der Waals surface area (Å²) < 4.78 is 0. The molecule has 8 aliphatic rings. The number of allylic oxidation sites excluding steroid dienone is 2. The van der Waals surface area contributed by atoms with Gasteiger partial charge in [0.2, 0.25) is 0 Å². The van der Waals surface area contributed by atoms with Crippen LogP contribution in [0.4, 0.5) is 0 Å². The molecule has 7 saturated carbocycles. The fraction of sp³-hybridized carbons (Fsp3) is 0.842. The number of carbonyl (C=O) groups is 4. The molecular formula is C38H54O5. The summed E-state index contributed by atoms with van der Waals surface area (Å²) in [4.78, 5) is 48.4. The molecule has 0 aromatic heterocycles. The van der Waals surface area contributed by atoms with Gasteiger partial charge in [-0.2, -0.15) is 0 Å². The Labute approximate surface area is 258 Å². The maximum Gasteiger partial charge on any atom is 0.139 e. The van der Waals surface area contributed by atoms with Gasteiger partial charge in [0, 0.05) is 54.8 Å². The molecule has 0 aromatic carbocycles. The topological polar surface area (TPSA) is 88.5 Å². The SMILES string of the molecule is C[C@]12CC=C3C(CC[C@@H]4CC(=O)CC[C@]34C)C1CCC2=O.C[C@]12CCC(=O)C[C@H]1CCC1C3CCC(=O)[C@@]3(C)CC[C@@]12O. The van der Waals surface area contributed by atoms with Gasteiger partial charge in [-0.1, -0.05) is 39.3 Å². The van der Waals surface area contributed by atoms with E-state index < -0.39 is 5.60 Å². The maximum atomic E-state index is 12.4. The number of hydrogen-bond donors (Lipinski definition) is 1. The Balaban J connectivity index is 0.000000140. The molecule has 0 radical (unpaired) electrons. The largest absolute Gasteiger partial charge is 0.389 e. The van der Waals surface area contributed by atoms with E-state index >= 15 is 0 Å². The minimum atomic E-state index is -0.661. The van der Waals surface area contributed by atoms with Gasteiger partial charge in [0.15, 0.2) is 0 Å². The maximum absolute atomic E-state index is 12.4. The van der Waals surface area contributed by atoms with Crippen molar-refractivity contribution in [1.29, 1.82) is 0 Å². The second kappa shape index (κ2) is 9.94. The van der Waals surface area contributed by atoms with Crippen molar-refractivity contribution in [2.45, 2.75) is 142 Å². The molecule has 0 saturated heterocycles. The molecule has 5 nitrogen and oxygen atoms in total. The Morgan fingerprint density at radius 2 is 1.23 bits per heavy atom. The first-order chi connectivity index (χ1) is 20.3. The molecule has 7 fully saturated rings. The lowest BCUT2D eigenvalue weighted by molar-refractivity contribution is -0.228. The molecule has 11 atom stereocenters. The number of hydrogen-bond acceptors (Lipinski definition) is 5. The average Bonchev–Trinajstić information content (AvgIpc) is 3.45. The minimum absolute atomic E-state index is 0.0815. The lowest BCUT2D eigenvalue weighted by Crippen LogP contribution is -2.65. The summed E-state index contributed by atoms with van der Waals surface area (Å²) in [5.41, 5.74) is 0.807. The molecule has 0 amide bonds. The second-order valence-corrected chi connectivity index (χ2v) is 17.3. The molecule has 0 spiro atoms. The highest BCUT2D eigenvalue weighted by Gasteiger charge is 2.67. The molecular weight excluding hydrogens is 536 g/mol. The van der Waals surface area contributed by atoms with Crippen LogP contribution in [0.5, 0.6) is 0 Å². The summed E-state index contributed by atoms with van der Waals surface area (Å²) in [6, 6.07) is 0. The van der Waals surface area contributed by atoms with Gasteiger partial charge in [-0.15, -0.1) is 0 Å². The monoisotopic (exact) mass is 590 g/mol. The van der Waals surface area contributed by atoms with E-state index in [1.807, 2.05) is 0 Å². The van der Waals surface area contributed by atoms with Crippen molar-refractivity contribution in [2.24, 2.45) is 57.2 Å². The molecule has 8 aliphatic carbocycles. The highest BCUT2D eigenvalue weighted by atomic mass is 16.3. The first kappa shape index (κ1) is 30.1. The van der Waals surface area contributed by atoms with Gasteiger partial charge in [-0.25, -0.2) is 0 Å². The zero-order chi connectivity index (χ0) is 30.6. The number of fused-ring (bicyclic) bond motifs is 10. The van der Waals surface area contributed by atoms with Crippen LogP contribution in [0.25, 0.3) is 0 Å². The van der Waals surface area contributed by atoms with Gasteiger partial charge in [-0.3, -0.25) is 19.2 Å². The van der Waals surface area contributed by atoms with E-state index in [1.54, 1.807) is 5.57 Å². The molecule has 4 unspecified atom stereocenters. The highest BCUT2D eigenvalue weighted by Crippen LogP contribution is 2.67. The van der Waals surface area contributed by atoms with Crippen molar-refractivity contribution < 1.29 is 24.3 Å². The van der Waals surface area contributed by atoms with E-state index in [0.29, 0.717) is 72.0 Å². The van der Waals surface area contributed by atoms with Crippen LogP contribution in [-0.4, -0.2) is 33.8 Å². The Kier molecular flexibility index (Phi) is 6.95. The van der Waals surface area contributed by atoms with Crippen molar-refractivity contribution in [3.8, 4) is 0 Å². The first-order valence-electron chi connectivity index (χ1n) is 17.8. The van der Waals surface area contributed by atoms with Crippen LogP contribution in [0.1, 0.15) is 137 Å². The van der Waals surface area contributed by atoms with Gasteiger partial charge < -0.3 is 5.11 Å². The highest BCUT2D eigenvalue weighted by molar-refractivity contribution is 5.88. The van der Waals surface area contributed by atoms with Crippen LogP contribution in [0.2, 0.25) is 0 Å². The van der Waals surface area contributed by atoms with Gasteiger partial charge in [0.05, 0.1) is 5.60 Å². The van der Waals surface area contributed by atoms with Crippen LogP contribution in [0.3, 0.4) is 0 Å². The van der Waals surface area contributed by atoms with Crippen molar-refractivity contribution in [1.82, 2.24) is 0 Å². The lowest BCUT2D eigenvalue weighted by atomic mass is 9.43. The number of Topliss-reactive ketones (excluding diaryl/α,β-unsaturated/α-hetero) is 4. The Morgan fingerprint density at radius 3 is 1.98 bits per heavy atom. The number of aliphatic hydroxyl groups is 1. The summed E-state index contributed by atoms with van der Waals surface area (Å²) in [5, 5.41) is 11.8. The van der Waals surface area contributed by atoms with Crippen molar-refractivity contribution in [3.05, 3.63) is 11.6 Å². The van der Waals surface area contributed by atoms with E-state index in [9.17, 15) is 24.3 Å². The van der Waals surface area contributed by atoms with Crippen LogP contribution in [-0.2, 0) is 19.2 Å². The number of carbonyl (C=O) groups excluding carboxylic acids is 4. The molecule has 43 heavy (non-hydrogen) atoms. The number of rotatable bonds is 0. The molecule has 1 N–H and O–H groups in total. The molecule has 0 aromatic rings.